The van der Waals surface area contributed by atoms with E-state index in [1.165, 1.54) is 6.07 Å². The van der Waals surface area contributed by atoms with Gasteiger partial charge in [-0.2, -0.15) is 0 Å². The molecule has 25 heavy (non-hydrogen) atoms. The van der Waals surface area contributed by atoms with E-state index in [0.717, 1.165) is 12.1 Å². The van der Waals surface area contributed by atoms with Crippen LogP contribution < -0.4 is 15.5 Å². The number of halogens is 2. The van der Waals surface area contributed by atoms with Crippen LogP contribution >= 0.6 is 0 Å². The molecule has 4 amide bonds. The minimum Gasteiger partial charge on any atom is -0.368 e. The topological polar surface area (TPSA) is 81.8 Å². The van der Waals surface area contributed by atoms with Gasteiger partial charge in [0.05, 0.1) is 0 Å². The molecule has 2 aliphatic rings. The van der Waals surface area contributed by atoms with Crippen LogP contribution in [0.15, 0.2) is 18.2 Å². The molecule has 0 bridgehead atoms. The zero-order valence-corrected chi connectivity index (χ0v) is 13.4. The average molecular weight is 352 g/mol. The summed E-state index contributed by atoms with van der Waals surface area (Å²) in [5.41, 5.74) is 0.580. The van der Waals surface area contributed by atoms with Gasteiger partial charge < -0.3 is 15.1 Å². The summed E-state index contributed by atoms with van der Waals surface area (Å²) in [6.07, 6.45) is 0.406. The van der Waals surface area contributed by atoms with E-state index in [4.69, 9.17) is 0 Å². The molecule has 2 aliphatic heterocycles. The highest BCUT2D eigenvalue weighted by atomic mass is 19.2. The van der Waals surface area contributed by atoms with Crippen LogP contribution in [0.25, 0.3) is 0 Å². The Morgan fingerprint density at radius 3 is 2.44 bits per heavy atom. The van der Waals surface area contributed by atoms with E-state index in [1.807, 2.05) is 4.90 Å². The predicted molar refractivity (Wildman–Crippen MR) is 84.8 cm³/mol. The van der Waals surface area contributed by atoms with Crippen LogP contribution in [0.1, 0.15) is 12.8 Å². The van der Waals surface area contributed by atoms with E-state index in [0.29, 0.717) is 31.9 Å². The Morgan fingerprint density at radius 1 is 1.12 bits per heavy atom. The van der Waals surface area contributed by atoms with Crippen molar-refractivity contribution in [3.8, 4) is 0 Å². The minimum atomic E-state index is -0.895. The number of anilines is 1. The zero-order valence-electron chi connectivity index (χ0n) is 13.4. The van der Waals surface area contributed by atoms with Gasteiger partial charge in [-0.05, 0) is 18.6 Å². The Hall–Kier alpha value is -2.71. The molecule has 0 aromatic heterocycles. The third-order valence-electron chi connectivity index (χ3n) is 4.41. The monoisotopic (exact) mass is 352 g/mol. The first-order valence-corrected chi connectivity index (χ1v) is 8.03. The number of nitrogens with one attached hydrogen (secondary N) is 2. The molecule has 2 saturated heterocycles. The summed E-state index contributed by atoms with van der Waals surface area (Å²) < 4.78 is 26.3. The molecule has 2 fully saturated rings. The van der Waals surface area contributed by atoms with Crippen LogP contribution in [-0.4, -0.2) is 55.0 Å². The van der Waals surface area contributed by atoms with Crippen molar-refractivity contribution in [3.63, 3.8) is 0 Å². The number of imide groups is 1. The summed E-state index contributed by atoms with van der Waals surface area (Å²) in [5.74, 6) is -2.30. The van der Waals surface area contributed by atoms with E-state index in [-0.39, 0.29) is 18.7 Å². The molecular weight excluding hydrogens is 334 g/mol. The summed E-state index contributed by atoms with van der Waals surface area (Å²) in [4.78, 5) is 38.3. The Kier molecular flexibility index (Phi) is 4.82. The fourth-order valence-electron chi connectivity index (χ4n) is 2.98. The smallest absolute Gasteiger partial charge is 0.322 e. The molecule has 0 saturated carbocycles. The van der Waals surface area contributed by atoms with Gasteiger partial charge in [0.1, 0.15) is 6.04 Å². The van der Waals surface area contributed by atoms with Gasteiger partial charge in [0.2, 0.25) is 5.91 Å². The van der Waals surface area contributed by atoms with Gasteiger partial charge >= 0.3 is 6.03 Å². The van der Waals surface area contributed by atoms with Crippen molar-refractivity contribution in [2.45, 2.75) is 18.9 Å². The van der Waals surface area contributed by atoms with Crippen LogP contribution in [0.3, 0.4) is 0 Å². The number of hydrogen-bond acceptors (Lipinski definition) is 4. The Balaban J connectivity index is 1.48. The zero-order chi connectivity index (χ0) is 18.0. The number of benzene rings is 1. The Labute approximate surface area is 143 Å². The van der Waals surface area contributed by atoms with Crippen molar-refractivity contribution in [1.82, 2.24) is 15.5 Å². The Morgan fingerprint density at radius 2 is 1.84 bits per heavy atom. The molecule has 0 aliphatic carbocycles. The summed E-state index contributed by atoms with van der Waals surface area (Å²) in [6.45, 7) is 1.94. The maximum absolute atomic E-state index is 13.3. The van der Waals surface area contributed by atoms with Crippen LogP contribution in [0.2, 0.25) is 0 Å². The Bertz CT molecular complexity index is 705. The highest BCUT2D eigenvalue weighted by molar-refractivity contribution is 6.04. The SMILES string of the molecule is O=C1NC(=O)[C@@H](CCC(=O)N2CCN(c3ccc(F)c(F)c3)CC2)N1. The second-order valence-electron chi connectivity index (χ2n) is 6.02. The van der Waals surface area contributed by atoms with Gasteiger partial charge in [-0.15, -0.1) is 0 Å². The number of carbonyl (C=O) groups is 3. The third kappa shape index (κ3) is 3.86. The summed E-state index contributed by atoms with van der Waals surface area (Å²) in [5, 5.41) is 4.58. The van der Waals surface area contributed by atoms with Gasteiger partial charge in [0, 0.05) is 44.4 Å². The van der Waals surface area contributed by atoms with Gasteiger partial charge in [-0.1, -0.05) is 0 Å². The van der Waals surface area contributed by atoms with Crippen LogP contribution in [0.5, 0.6) is 0 Å². The molecule has 1 atom stereocenters. The molecule has 9 heteroatoms. The first-order chi connectivity index (χ1) is 11.9. The lowest BCUT2D eigenvalue weighted by Crippen LogP contribution is -2.49. The van der Waals surface area contributed by atoms with E-state index in [1.54, 1.807) is 4.90 Å². The highest BCUT2D eigenvalue weighted by Crippen LogP contribution is 2.20. The van der Waals surface area contributed by atoms with Gasteiger partial charge in [0.25, 0.3) is 5.91 Å². The molecule has 1 aromatic rings. The quantitative estimate of drug-likeness (QED) is 0.778. The normalized spacial score (nSPS) is 20.5. The number of rotatable bonds is 4. The summed E-state index contributed by atoms with van der Waals surface area (Å²) in [7, 11) is 0. The molecular formula is C16H18F2N4O3. The second-order valence-corrected chi connectivity index (χ2v) is 6.02. The largest absolute Gasteiger partial charge is 0.368 e. The van der Waals surface area contributed by atoms with Crippen LogP contribution in [-0.2, 0) is 9.59 Å². The molecule has 1 aromatic carbocycles. The van der Waals surface area contributed by atoms with E-state index in [2.05, 4.69) is 10.6 Å². The van der Waals surface area contributed by atoms with Gasteiger partial charge in [0.15, 0.2) is 11.6 Å². The van der Waals surface area contributed by atoms with E-state index < -0.39 is 29.6 Å². The molecule has 2 heterocycles. The van der Waals surface area contributed by atoms with E-state index in [9.17, 15) is 23.2 Å². The van der Waals surface area contributed by atoms with Crippen molar-refractivity contribution in [2.75, 3.05) is 31.1 Å². The molecule has 0 unspecified atom stereocenters. The third-order valence-corrected chi connectivity index (χ3v) is 4.41. The number of amides is 4. The molecule has 2 N–H and O–H groups in total. The van der Waals surface area contributed by atoms with Crippen LogP contribution in [0, 0.1) is 11.6 Å². The first-order valence-electron chi connectivity index (χ1n) is 8.03. The second kappa shape index (κ2) is 7.04. The molecule has 0 spiro atoms. The van der Waals surface area contributed by atoms with Gasteiger partial charge in [-0.25, -0.2) is 13.6 Å². The number of hydrogen-bond donors (Lipinski definition) is 2. The van der Waals surface area contributed by atoms with Crippen molar-refractivity contribution in [1.29, 1.82) is 0 Å². The molecule has 134 valence electrons. The summed E-state index contributed by atoms with van der Waals surface area (Å²) >= 11 is 0. The predicted octanol–water partition coefficient (Wildman–Crippen LogP) is 0.602. The lowest BCUT2D eigenvalue weighted by molar-refractivity contribution is -0.131. The average Bonchev–Trinajstić information content (AvgIpc) is 2.93. The van der Waals surface area contributed by atoms with Crippen molar-refractivity contribution in [3.05, 3.63) is 29.8 Å². The van der Waals surface area contributed by atoms with E-state index >= 15 is 0 Å². The lowest BCUT2D eigenvalue weighted by Gasteiger charge is -2.36. The maximum Gasteiger partial charge on any atom is 0.322 e. The van der Waals surface area contributed by atoms with Gasteiger partial charge in [-0.3, -0.25) is 14.9 Å². The van der Waals surface area contributed by atoms with Crippen molar-refractivity contribution < 1.29 is 23.2 Å². The van der Waals surface area contributed by atoms with Crippen molar-refractivity contribution in [2.24, 2.45) is 0 Å². The standard InChI is InChI=1S/C16H18F2N4O3/c17-11-2-1-10(9-12(11)18)21-5-7-22(8-6-21)14(23)4-3-13-15(24)20-16(25)19-13/h1-2,9,13H,3-8H2,(H2,19,20,24,25)/t13-/m1/s1. The number of carbonyl (C=O) groups excluding carboxylic acids is 3. The minimum absolute atomic E-state index is 0.0983. The highest BCUT2D eigenvalue weighted by Gasteiger charge is 2.30. The number of nitrogens with zero attached hydrogens (tertiary/aromatic N) is 2. The molecule has 0 radical (unpaired) electrons. The fourth-order valence-corrected chi connectivity index (χ4v) is 2.98. The fraction of sp³-hybridized carbons (Fsp3) is 0.438. The maximum atomic E-state index is 13.3. The number of urea groups is 1. The van der Waals surface area contributed by atoms with Crippen LogP contribution in [0.4, 0.5) is 19.3 Å². The summed E-state index contributed by atoms with van der Waals surface area (Å²) in [6, 6.07) is 2.54. The molecule has 3 rings (SSSR count). The molecule has 7 nitrogen and oxygen atoms in total. The lowest BCUT2D eigenvalue weighted by atomic mass is 10.1. The van der Waals surface area contributed by atoms with Crippen molar-refractivity contribution >= 4 is 23.5 Å². The first kappa shape index (κ1) is 17.1. The number of piperazine rings is 1.